The third-order valence-corrected chi connectivity index (χ3v) is 14.9. The third kappa shape index (κ3) is 12.4. The van der Waals surface area contributed by atoms with E-state index in [1.807, 2.05) is 0 Å². The molecule has 7 heteroatoms. The molecule has 0 unspecified atom stereocenters. The van der Waals surface area contributed by atoms with Crippen molar-refractivity contribution in [2.24, 2.45) is 0 Å². The summed E-state index contributed by atoms with van der Waals surface area (Å²) < 4.78 is 0.0783. The Balaban J connectivity index is 3.23. The van der Waals surface area contributed by atoms with E-state index in [9.17, 15) is 0 Å². The number of thiol groups is 4. The van der Waals surface area contributed by atoms with E-state index in [1.54, 1.807) is 0 Å². The molecule has 0 nitrogen and oxygen atoms in total. The Morgan fingerprint density at radius 1 is 0.706 bits per heavy atom. The van der Waals surface area contributed by atoms with E-state index in [2.05, 4.69) is 50.5 Å². The van der Waals surface area contributed by atoms with Crippen molar-refractivity contribution < 1.29 is 0 Å². The molecule has 0 amide bonds. The minimum absolute atomic E-state index is 0.0783. The van der Waals surface area contributed by atoms with Crippen molar-refractivity contribution in [3.8, 4) is 0 Å². The second-order valence-electron chi connectivity index (χ2n) is 3.54. The standard InChI is InChI=1S/C10H22S4Se3/c11-1-2-15-3-4-16-5-6-17-9-10(14,7-12)8-13/h11-14H,1-9H2. The van der Waals surface area contributed by atoms with Gasteiger partial charge in [-0.1, -0.05) is 0 Å². The Labute approximate surface area is 147 Å². The van der Waals surface area contributed by atoms with Gasteiger partial charge in [0, 0.05) is 0 Å². The molecule has 0 N–H and O–H groups in total. The van der Waals surface area contributed by atoms with Gasteiger partial charge in [-0.05, 0) is 0 Å². The van der Waals surface area contributed by atoms with Gasteiger partial charge in [-0.25, -0.2) is 0 Å². The first kappa shape index (κ1) is 20.0. The van der Waals surface area contributed by atoms with Crippen LogP contribution in [0.5, 0.6) is 0 Å². The van der Waals surface area contributed by atoms with Gasteiger partial charge in [-0.15, -0.1) is 0 Å². The van der Waals surface area contributed by atoms with Gasteiger partial charge < -0.3 is 0 Å². The van der Waals surface area contributed by atoms with Crippen LogP contribution < -0.4 is 0 Å². The molecule has 0 saturated heterocycles. The first-order chi connectivity index (χ1) is 8.18. The normalized spacial score (nSPS) is 12.0. The van der Waals surface area contributed by atoms with Crippen LogP contribution in [0.1, 0.15) is 0 Å². The van der Waals surface area contributed by atoms with Crippen LogP contribution in [0.3, 0.4) is 0 Å². The second-order valence-corrected chi connectivity index (χ2v) is 13.0. The van der Waals surface area contributed by atoms with Crippen LogP contribution in [0.2, 0.25) is 31.9 Å². The summed E-state index contributed by atoms with van der Waals surface area (Å²) in [5.74, 6) is 2.77. The van der Waals surface area contributed by atoms with Gasteiger partial charge in [0.25, 0.3) is 0 Å². The first-order valence-corrected chi connectivity index (χ1v) is 15.1. The average Bonchev–Trinajstić information content (AvgIpc) is 2.36. The molecule has 0 aliphatic heterocycles. The van der Waals surface area contributed by atoms with E-state index in [0.29, 0.717) is 0 Å². The molecule has 0 aliphatic rings. The molecule has 0 heterocycles. The van der Waals surface area contributed by atoms with Gasteiger partial charge in [0.15, 0.2) is 0 Å². The average molecular weight is 507 g/mol. The van der Waals surface area contributed by atoms with Crippen molar-refractivity contribution in [2.75, 3.05) is 17.3 Å². The molecule has 0 aliphatic carbocycles. The Hall–Kier alpha value is 2.96. The molecule has 17 heavy (non-hydrogen) atoms. The maximum atomic E-state index is 4.66. The fourth-order valence-electron chi connectivity index (χ4n) is 0.908. The molecule has 0 aromatic heterocycles. The third-order valence-electron chi connectivity index (χ3n) is 1.94. The van der Waals surface area contributed by atoms with Crippen LogP contribution in [0.4, 0.5) is 0 Å². The van der Waals surface area contributed by atoms with E-state index in [4.69, 9.17) is 0 Å². The topological polar surface area (TPSA) is 0 Å². The zero-order chi connectivity index (χ0) is 13.0. The summed E-state index contributed by atoms with van der Waals surface area (Å²) in [5.41, 5.74) is 0. The monoisotopic (exact) mass is 510 g/mol. The molecule has 0 spiro atoms. The summed E-state index contributed by atoms with van der Waals surface area (Å²) in [6, 6.07) is 0. The van der Waals surface area contributed by atoms with Gasteiger partial charge in [0.2, 0.25) is 0 Å². The van der Waals surface area contributed by atoms with Crippen LogP contribution in [0.25, 0.3) is 0 Å². The van der Waals surface area contributed by atoms with Crippen LogP contribution >= 0.6 is 50.5 Å². The van der Waals surface area contributed by atoms with Crippen LogP contribution in [-0.4, -0.2) is 66.9 Å². The van der Waals surface area contributed by atoms with Crippen molar-refractivity contribution in [2.45, 2.75) is 36.7 Å². The SMILES string of the molecule is SCC[Se]CC[Se]CC[Se]CC(S)(CS)CS. The molecule has 0 atom stereocenters. The van der Waals surface area contributed by atoms with Crippen molar-refractivity contribution in [1.29, 1.82) is 0 Å². The molecule has 0 rings (SSSR count). The van der Waals surface area contributed by atoms with Gasteiger partial charge in [0.05, 0.1) is 0 Å². The van der Waals surface area contributed by atoms with Gasteiger partial charge >= 0.3 is 149 Å². The van der Waals surface area contributed by atoms with E-state index in [0.717, 1.165) is 62.1 Å². The predicted octanol–water partition coefficient (Wildman–Crippen LogP) is 3.07. The summed E-state index contributed by atoms with van der Waals surface area (Å²) in [6.07, 6.45) is 0. The number of rotatable bonds is 12. The van der Waals surface area contributed by atoms with Crippen LogP contribution in [0.15, 0.2) is 0 Å². The van der Waals surface area contributed by atoms with E-state index >= 15 is 0 Å². The van der Waals surface area contributed by atoms with Crippen LogP contribution in [0, 0.1) is 0 Å². The molecule has 0 radical (unpaired) electrons. The molecular weight excluding hydrogens is 485 g/mol. The number of hydrogen-bond donors (Lipinski definition) is 4. The van der Waals surface area contributed by atoms with Crippen molar-refractivity contribution in [3.05, 3.63) is 0 Å². The van der Waals surface area contributed by atoms with E-state index < -0.39 is 0 Å². The van der Waals surface area contributed by atoms with Crippen molar-refractivity contribution >= 4 is 95.4 Å². The van der Waals surface area contributed by atoms with Gasteiger partial charge in [0.1, 0.15) is 0 Å². The molecule has 0 aromatic carbocycles. The molecular formula is C10H22S4Se3. The van der Waals surface area contributed by atoms with Gasteiger partial charge in [-0.3, -0.25) is 0 Å². The molecule has 104 valence electrons. The second kappa shape index (κ2) is 13.9. The van der Waals surface area contributed by atoms with Crippen molar-refractivity contribution in [1.82, 2.24) is 0 Å². The Kier molecular flexibility index (Phi) is 16.3. The Bertz CT molecular complexity index is 168. The molecule has 0 saturated carbocycles. The minimum atomic E-state index is 0.0783. The van der Waals surface area contributed by atoms with E-state index in [1.165, 1.54) is 31.9 Å². The zero-order valence-electron chi connectivity index (χ0n) is 9.88. The molecule has 0 aromatic rings. The van der Waals surface area contributed by atoms with Crippen molar-refractivity contribution in [3.63, 3.8) is 0 Å². The quantitative estimate of drug-likeness (QED) is 0.174. The molecule has 0 fully saturated rings. The fourth-order valence-corrected chi connectivity index (χ4v) is 12.1. The summed E-state index contributed by atoms with van der Waals surface area (Å²) in [6.45, 7) is 0. The summed E-state index contributed by atoms with van der Waals surface area (Å²) in [5, 5.41) is 8.42. The van der Waals surface area contributed by atoms with E-state index in [-0.39, 0.29) is 4.75 Å². The summed E-state index contributed by atoms with van der Waals surface area (Å²) in [7, 11) is 0. The summed E-state index contributed by atoms with van der Waals surface area (Å²) in [4.78, 5) is 0. The first-order valence-electron chi connectivity index (χ1n) is 5.47. The Morgan fingerprint density at radius 3 is 1.65 bits per heavy atom. The maximum absolute atomic E-state index is 4.66. The van der Waals surface area contributed by atoms with Gasteiger partial charge in [-0.2, -0.15) is 0 Å². The molecule has 0 bridgehead atoms. The Morgan fingerprint density at radius 2 is 1.18 bits per heavy atom. The predicted molar refractivity (Wildman–Crippen MR) is 99.4 cm³/mol. The van der Waals surface area contributed by atoms with Crippen LogP contribution in [-0.2, 0) is 0 Å². The zero-order valence-corrected chi connectivity index (χ0v) is 18.6. The number of hydrogen-bond acceptors (Lipinski definition) is 4. The summed E-state index contributed by atoms with van der Waals surface area (Å²) >= 11 is 20.1. The fraction of sp³-hybridized carbons (Fsp3) is 1.00.